The van der Waals surface area contributed by atoms with E-state index in [9.17, 15) is 13.2 Å². The van der Waals surface area contributed by atoms with Gasteiger partial charge in [0.2, 0.25) is 5.91 Å². The van der Waals surface area contributed by atoms with Gasteiger partial charge < -0.3 is 5.32 Å². The molecule has 156 valence electrons. The average Bonchev–Trinajstić information content (AvgIpc) is 2.72. The molecule has 0 fully saturated rings. The topological polar surface area (TPSA) is 66.5 Å². The van der Waals surface area contributed by atoms with Crippen molar-refractivity contribution in [1.29, 1.82) is 0 Å². The summed E-state index contributed by atoms with van der Waals surface area (Å²) in [4.78, 5) is 13.0. The molecule has 3 aromatic rings. The minimum atomic E-state index is -3.99. The van der Waals surface area contributed by atoms with Gasteiger partial charge in [-0.2, -0.15) is 0 Å². The molecule has 3 aromatic carbocycles. The van der Waals surface area contributed by atoms with E-state index in [1.165, 1.54) is 12.1 Å². The van der Waals surface area contributed by atoms with Crippen molar-refractivity contribution in [3.05, 3.63) is 88.4 Å². The van der Waals surface area contributed by atoms with Gasteiger partial charge in [-0.3, -0.25) is 9.10 Å². The standard InChI is InChI=1S/C23H23ClN2O3S/c1-16-12-13-17(2)21(14-16)25-23(27)15-26(22-11-7-10-20(24)18(22)3)30(28,29)19-8-5-4-6-9-19/h4-14H,15H2,1-3H3,(H,25,27). The number of nitrogens with zero attached hydrogens (tertiary/aromatic N) is 1. The van der Waals surface area contributed by atoms with Crippen LogP contribution in [0, 0.1) is 20.8 Å². The first kappa shape index (κ1) is 21.9. The monoisotopic (exact) mass is 442 g/mol. The van der Waals surface area contributed by atoms with Crippen molar-refractivity contribution in [1.82, 2.24) is 0 Å². The summed E-state index contributed by atoms with van der Waals surface area (Å²) in [5, 5.41) is 3.26. The fourth-order valence-corrected chi connectivity index (χ4v) is 4.75. The van der Waals surface area contributed by atoms with Gasteiger partial charge in [0.15, 0.2) is 0 Å². The van der Waals surface area contributed by atoms with Gasteiger partial charge >= 0.3 is 0 Å². The Morgan fingerprint density at radius 3 is 2.37 bits per heavy atom. The molecular formula is C23H23ClN2O3S. The molecule has 0 aliphatic carbocycles. The van der Waals surface area contributed by atoms with Crippen LogP contribution in [0.5, 0.6) is 0 Å². The molecule has 0 aliphatic rings. The predicted molar refractivity (Wildman–Crippen MR) is 122 cm³/mol. The summed E-state index contributed by atoms with van der Waals surface area (Å²) < 4.78 is 27.9. The molecule has 0 heterocycles. The van der Waals surface area contributed by atoms with Crippen molar-refractivity contribution in [2.24, 2.45) is 0 Å². The normalized spacial score (nSPS) is 11.2. The lowest BCUT2D eigenvalue weighted by molar-refractivity contribution is -0.114. The lowest BCUT2D eigenvalue weighted by Gasteiger charge is -2.26. The number of anilines is 2. The highest BCUT2D eigenvalue weighted by Gasteiger charge is 2.28. The number of halogens is 1. The third-order valence-electron chi connectivity index (χ3n) is 4.79. The van der Waals surface area contributed by atoms with Gasteiger partial charge in [0.1, 0.15) is 6.54 Å². The molecule has 0 bridgehead atoms. The van der Waals surface area contributed by atoms with Crippen molar-refractivity contribution in [3.63, 3.8) is 0 Å². The second-order valence-corrected chi connectivity index (χ2v) is 9.34. The minimum absolute atomic E-state index is 0.101. The van der Waals surface area contributed by atoms with Crippen LogP contribution in [-0.2, 0) is 14.8 Å². The maximum Gasteiger partial charge on any atom is 0.264 e. The highest BCUT2D eigenvalue weighted by Crippen LogP contribution is 2.31. The van der Waals surface area contributed by atoms with E-state index in [0.717, 1.165) is 15.4 Å². The van der Waals surface area contributed by atoms with Crippen LogP contribution in [0.3, 0.4) is 0 Å². The molecule has 0 radical (unpaired) electrons. The smallest absolute Gasteiger partial charge is 0.264 e. The number of hydrogen-bond donors (Lipinski definition) is 1. The van der Waals surface area contributed by atoms with Crippen LogP contribution in [-0.4, -0.2) is 20.9 Å². The first-order valence-corrected chi connectivity index (χ1v) is 11.2. The Labute approximate surface area is 182 Å². The number of nitrogens with one attached hydrogen (secondary N) is 1. The van der Waals surface area contributed by atoms with Gasteiger partial charge in [-0.25, -0.2) is 8.42 Å². The van der Waals surface area contributed by atoms with Crippen LogP contribution in [0.15, 0.2) is 71.6 Å². The van der Waals surface area contributed by atoms with Crippen LogP contribution in [0.2, 0.25) is 5.02 Å². The molecule has 0 aromatic heterocycles. The minimum Gasteiger partial charge on any atom is -0.324 e. The maximum atomic E-state index is 13.4. The Bertz CT molecular complexity index is 1180. The maximum absolute atomic E-state index is 13.4. The Kier molecular flexibility index (Phi) is 6.48. The lowest BCUT2D eigenvalue weighted by atomic mass is 10.1. The van der Waals surface area contributed by atoms with E-state index in [1.807, 2.05) is 32.0 Å². The van der Waals surface area contributed by atoms with Gasteiger partial charge in [0.25, 0.3) is 10.0 Å². The number of sulfonamides is 1. The average molecular weight is 443 g/mol. The van der Waals surface area contributed by atoms with Crippen LogP contribution in [0.25, 0.3) is 0 Å². The number of benzene rings is 3. The van der Waals surface area contributed by atoms with Crippen LogP contribution >= 0.6 is 11.6 Å². The fourth-order valence-electron chi connectivity index (χ4n) is 3.08. The summed E-state index contributed by atoms with van der Waals surface area (Å²) in [7, 11) is -3.99. The van der Waals surface area contributed by atoms with Gasteiger partial charge in [-0.15, -0.1) is 0 Å². The Morgan fingerprint density at radius 1 is 0.967 bits per heavy atom. The number of rotatable bonds is 6. The Morgan fingerprint density at radius 2 is 1.67 bits per heavy atom. The van der Waals surface area contributed by atoms with Crippen LogP contribution < -0.4 is 9.62 Å². The number of carbonyl (C=O) groups excluding carboxylic acids is 1. The molecule has 0 atom stereocenters. The summed E-state index contributed by atoms with van der Waals surface area (Å²) in [6, 6.07) is 18.7. The molecule has 1 N–H and O–H groups in total. The molecule has 0 saturated heterocycles. The molecule has 0 spiro atoms. The molecule has 0 unspecified atom stereocenters. The van der Waals surface area contributed by atoms with Crippen molar-refractivity contribution >= 4 is 38.9 Å². The molecule has 7 heteroatoms. The summed E-state index contributed by atoms with van der Waals surface area (Å²) in [5.41, 5.74) is 3.49. The molecule has 0 aliphatic heterocycles. The van der Waals surface area contributed by atoms with Crippen LogP contribution in [0.1, 0.15) is 16.7 Å². The van der Waals surface area contributed by atoms with E-state index in [0.29, 0.717) is 22.0 Å². The van der Waals surface area contributed by atoms with E-state index in [-0.39, 0.29) is 11.4 Å². The third-order valence-corrected chi connectivity index (χ3v) is 6.98. The second kappa shape index (κ2) is 8.90. The highest BCUT2D eigenvalue weighted by atomic mass is 35.5. The molecule has 0 saturated carbocycles. The molecule has 1 amide bonds. The van der Waals surface area contributed by atoms with E-state index < -0.39 is 15.9 Å². The zero-order valence-electron chi connectivity index (χ0n) is 17.0. The first-order chi connectivity index (χ1) is 14.2. The highest BCUT2D eigenvalue weighted by molar-refractivity contribution is 7.92. The lowest BCUT2D eigenvalue weighted by Crippen LogP contribution is -2.38. The third kappa shape index (κ3) is 4.66. The molecule has 30 heavy (non-hydrogen) atoms. The first-order valence-electron chi connectivity index (χ1n) is 9.40. The molecule has 5 nitrogen and oxygen atoms in total. The zero-order chi connectivity index (χ0) is 21.9. The van der Waals surface area contributed by atoms with E-state index in [1.54, 1.807) is 43.3 Å². The van der Waals surface area contributed by atoms with Crippen molar-refractivity contribution in [2.75, 3.05) is 16.2 Å². The van der Waals surface area contributed by atoms with Crippen molar-refractivity contribution in [3.8, 4) is 0 Å². The van der Waals surface area contributed by atoms with Gasteiger partial charge in [-0.1, -0.05) is 48.0 Å². The van der Waals surface area contributed by atoms with Crippen molar-refractivity contribution < 1.29 is 13.2 Å². The Hall–Kier alpha value is -2.83. The van der Waals surface area contributed by atoms with Gasteiger partial charge in [-0.05, 0) is 67.8 Å². The predicted octanol–water partition coefficient (Wildman–Crippen LogP) is 5.10. The van der Waals surface area contributed by atoms with Crippen LogP contribution in [0.4, 0.5) is 11.4 Å². The Balaban J connectivity index is 2.01. The summed E-state index contributed by atoms with van der Waals surface area (Å²) in [5.74, 6) is -0.442. The second-order valence-electron chi connectivity index (χ2n) is 7.08. The van der Waals surface area contributed by atoms with Crippen molar-refractivity contribution in [2.45, 2.75) is 25.7 Å². The van der Waals surface area contributed by atoms with E-state index in [2.05, 4.69) is 5.32 Å². The molecular weight excluding hydrogens is 420 g/mol. The number of carbonyl (C=O) groups is 1. The molecule has 3 rings (SSSR count). The number of aryl methyl sites for hydroxylation is 2. The number of hydrogen-bond acceptors (Lipinski definition) is 3. The summed E-state index contributed by atoms with van der Waals surface area (Å²) >= 11 is 6.24. The summed E-state index contributed by atoms with van der Waals surface area (Å²) in [6.07, 6.45) is 0. The fraction of sp³-hybridized carbons (Fsp3) is 0.174. The van der Waals surface area contributed by atoms with E-state index >= 15 is 0 Å². The largest absolute Gasteiger partial charge is 0.324 e. The summed E-state index contributed by atoms with van der Waals surface area (Å²) in [6.45, 7) is 5.16. The quantitative estimate of drug-likeness (QED) is 0.577. The van der Waals surface area contributed by atoms with Gasteiger partial charge in [0, 0.05) is 10.7 Å². The van der Waals surface area contributed by atoms with Gasteiger partial charge in [0.05, 0.1) is 10.6 Å². The SMILES string of the molecule is Cc1ccc(C)c(NC(=O)CN(c2cccc(Cl)c2C)S(=O)(=O)c2ccccc2)c1. The number of amides is 1. The zero-order valence-corrected chi connectivity index (χ0v) is 18.6. The van der Waals surface area contributed by atoms with E-state index in [4.69, 9.17) is 11.6 Å².